The van der Waals surface area contributed by atoms with Crippen molar-refractivity contribution in [2.45, 2.75) is 24.9 Å². The van der Waals surface area contributed by atoms with Crippen molar-refractivity contribution in [3.8, 4) is 0 Å². The number of hydrogen-bond donors (Lipinski definition) is 0. The van der Waals surface area contributed by atoms with Crippen molar-refractivity contribution in [1.82, 2.24) is 19.7 Å². The lowest BCUT2D eigenvalue weighted by molar-refractivity contribution is -0.132. The molecule has 7 nitrogen and oxygen atoms in total. The van der Waals surface area contributed by atoms with Crippen LogP contribution in [0.25, 0.3) is 0 Å². The third-order valence-electron chi connectivity index (χ3n) is 4.39. The summed E-state index contributed by atoms with van der Waals surface area (Å²) in [5, 5.41) is 8.18. The molecule has 4 rings (SSSR count). The average Bonchev–Trinajstić information content (AvgIpc) is 2.98. The number of fused-ring (bicyclic) bond motifs is 2. The Bertz CT molecular complexity index is 819. The summed E-state index contributed by atoms with van der Waals surface area (Å²) in [7, 11) is 0. The van der Waals surface area contributed by atoms with Gasteiger partial charge in [-0.05, 0) is 19.1 Å². The first-order chi connectivity index (χ1) is 11.6. The quantitative estimate of drug-likeness (QED) is 0.816. The van der Waals surface area contributed by atoms with Crippen molar-refractivity contribution in [2.24, 2.45) is 0 Å². The number of carbonyl (C=O) groups is 2. The van der Waals surface area contributed by atoms with Gasteiger partial charge >= 0.3 is 0 Å². The van der Waals surface area contributed by atoms with E-state index in [9.17, 15) is 9.59 Å². The molecular formula is C16H17N5O2S. The highest BCUT2D eigenvalue weighted by Crippen LogP contribution is 2.34. The van der Waals surface area contributed by atoms with E-state index in [0.29, 0.717) is 25.4 Å². The van der Waals surface area contributed by atoms with Crippen LogP contribution >= 0.6 is 11.8 Å². The van der Waals surface area contributed by atoms with E-state index in [-0.39, 0.29) is 18.4 Å². The van der Waals surface area contributed by atoms with Crippen LogP contribution in [0.2, 0.25) is 0 Å². The summed E-state index contributed by atoms with van der Waals surface area (Å²) in [5.74, 6) is 1.96. The van der Waals surface area contributed by atoms with Crippen LogP contribution < -0.4 is 4.90 Å². The van der Waals surface area contributed by atoms with Gasteiger partial charge in [-0.3, -0.25) is 9.59 Å². The van der Waals surface area contributed by atoms with Gasteiger partial charge < -0.3 is 14.4 Å². The highest BCUT2D eigenvalue weighted by Gasteiger charge is 2.29. The van der Waals surface area contributed by atoms with Gasteiger partial charge in [0.2, 0.25) is 11.8 Å². The van der Waals surface area contributed by atoms with E-state index < -0.39 is 0 Å². The van der Waals surface area contributed by atoms with Gasteiger partial charge in [0.15, 0.2) is 5.82 Å². The number of aromatic nitrogens is 3. The molecule has 8 heteroatoms. The van der Waals surface area contributed by atoms with Crippen LogP contribution in [0.4, 0.5) is 5.69 Å². The number of nitrogens with zero attached hydrogens (tertiary/aromatic N) is 5. The number of anilines is 1. The van der Waals surface area contributed by atoms with E-state index in [1.807, 2.05) is 35.8 Å². The predicted octanol–water partition coefficient (Wildman–Crippen LogP) is 1.07. The third-order valence-corrected chi connectivity index (χ3v) is 5.44. The van der Waals surface area contributed by atoms with Crippen molar-refractivity contribution in [3.63, 3.8) is 0 Å². The van der Waals surface area contributed by atoms with Crippen molar-refractivity contribution >= 4 is 29.3 Å². The summed E-state index contributed by atoms with van der Waals surface area (Å²) < 4.78 is 2.03. The maximum atomic E-state index is 12.7. The minimum Gasteiger partial charge on any atom is -0.332 e. The predicted molar refractivity (Wildman–Crippen MR) is 89.7 cm³/mol. The zero-order chi connectivity index (χ0) is 16.7. The van der Waals surface area contributed by atoms with E-state index in [1.165, 1.54) is 11.8 Å². The van der Waals surface area contributed by atoms with Gasteiger partial charge in [-0.25, -0.2) is 0 Å². The van der Waals surface area contributed by atoms with Crippen LogP contribution in [0.1, 0.15) is 11.6 Å². The Hall–Kier alpha value is -2.35. The Balaban J connectivity index is 1.52. The first-order valence-electron chi connectivity index (χ1n) is 7.82. The second kappa shape index (κ2) is 5.94. The molecule has 0 unspecified atom stereocenters. The first-order valence-corrected chi connectivity index (χ1v) is 8.80. The van der Waals surface area contributed by atoms with Crippen molar-refractivity contribution in [3.05, 3.63) is 35.9 Å². The molecule has 0 aliphatic carbocycles. The molecule has 0 bridgehead atoms. The number of rotatable bonds is 2. The van der Waals surface area contributed by atoms with Gasteiger partial charge in [0, 0.05) is 18.0 Å². The molecular weight excluding hydrogens is 326 g/mol. The Labute approximate surface area is 143 Å². The molecule has 24 heavy (non-hydrogen) atoms. The van der Waals surface area contributed by atoms with Crippen LogP contribution in [0.5, 0.6) is 0 Å². The first kappa shape index (κ1) is 15.2. The van der Waals surface area contributed by atoms with E-state index in [4.69, 9.17) is 0 Å². The Morgan fingerprint density at radius 2 is 2.08 bits per heavy atom. The lowest BCUT2D eigenvalue weighted by Gasteiger charge is -2.32. The van der Waals surface area contributed by atoms with E-state index in [1.54, 1.807) is 9.80 Å². The zero-order valence-electron chi connectivity index (χ0n) is 13.3. The fraction of sp³-hybridized carbons (Fsp3) is 0.375. The molecule has 2 aromatic rings. The van der Waals surface area contributed by atoms with Gasteiger partial charge in [0.05, 0.1) is 18.0 Å². The van der Waals surface area contributed by atoms with Crippen LogP contribution in [0, 0.1) is 6.92 Å². The number of amides is 2. The monoisotopic (exact) mass is 343 g/mol. The fourth-order valence-electron chi connectivity index (χ4n) is 3.08. The third kappa shape index (κ3) is 2.56. The SMILES string of the molecule is Cc1nnc2n1CCN(C(=O)CN1C(=O)CSc3ccccc31)C2. The normalized spacial score (nSPS) is 16.8. The molecule has 0 spiro atoms. The molecule has 0 N–H and O–H groups in total. The van der Waals surface area contributed by atoms with Gasteiger partial charge in [0.25, 0.3) is 0 Å². The summed E-state index contributed by atoms with van der Waals surface area (Å²) in [5.41, 5.74) is 0.822. The highest BCUT2D eigenvalue weighted by molar-refractivity contribution is 8.00. The lowest BCUT2D eigenvalue weighted by atomic mass is 10.2. The number of thioether (sulfide) groups is 1. The van der Waals surface area contributed by atoms with Crippen molar-refractivity contribution < 1.29 is 9.59 Å². The summed E-state index contributed by atoms with van der Waals surface area (Å²) in [6.45, 7) is 3.74. The maximum Gasteiger partial charge on any atom is 0.243 e. The van der Waals surface area contributed by atoms with Crippen LogP contribution in [0.15, 0.2) is 29.2 Å². The smallest absolute Gasteiger partial charge is 0.243 e. The summed E-state index contributed by atoms with van der Waals surface area (Å²) in [6.07, 6.45) is 0. The van der Waals surface area contributed by atoms with Gasteiger partial charge in [-0.15, -0.1) is 22.0 Å². The van der Waals surface area contributed by atoms with Crippen LogP contribution in [0.3, 0.4) is 0 Å². The summed E-state index contributed by atoms with van der Waals surface area (Å²) >= 11 is 1.52. The van der Waals surface area contributed by atoms with Gasteiger partial charge in [-0.2, -0.15) is 0 Å². The summed E-state index contributed by atoms with van der Waals surface area (Å²) in [4.78, 5) is 29.4. The number of carbonyl (C=O) groups excluding carboxylic acids is 2. The van der Waals surface area contributed by atoms with Gasteiger partial charge in [0.1, 0.15) is 12.4 Å². The number of aryl methyl sites for hydroxylation is 1. The molecule has 2 amide bonds. The van der Waals surface area contributed by atoms with E-state index in [0.717, 1.165) is 22.2 Å². The van der Waals surface area contributed by atoms with Gasteiger partial charge in [-0.1, -0.05) is 12.1 Å². The van der Waals surface area contributed by atoms with E-state index in [2.05, 4.69) is 10.2 Å². The largest absolute Gasteiger partial charge is 0.332 e. The van der Waals surface area contributed by atoms with E-state index >= 15 is 0 Å². The second-order valence-electron chi connectivity index (χ2n) is 5.87. The lowest BCUT2D eigenvalue weighted by Crippen LogP contribution is -2.47. The molecule has 2 aliphatic heterocycles. The minimum atomic E-state index is -0.0584. The second-order valence-corrected chi connectivity index (χ2v) is 6.88. The van der Waals surface area contributed by atoms with Crippen molar-refractivity contribution in [2.75, 3.05) is 23.7 Å². The molecule has 2 aliphatic rings. The standard InChI is InChI=1S/C16H17N5O2S/c1-11-17-18-14-8-19(6-7-20(11)14)15(22)9-21-12-4-2-3-5-13(12)24-10-16(21)23/h2-5H,6-10H2,1H3. The number of hydrogen-bond acceptors (Lipinski definition) is 5. The molecule has 0 saturated carbocycles. The van der Waals surface area contributed by atoms with Crippen LogP contribution in [-0.4, -0.2) is 50.3 Å². The minimum absolute atomic E-state index is 0.0249. The molecule has 0 saturated heterocycles. The topological polar surface area (TPSA) is 71.3 Å². The number of benzene rings is 1. The molecule has 3 heterocycles. The average molecular weight is 343 g/mol. The fourth-order valence-corrected chi connectivity index (χ4v) is 4.01. The Morgan fingerprint density at radius 1 is 1.25 bits per heavy atom. The molecule has 124 valence electrons. The molecule has 0 fully saturated rings. The Morgan fingerprint density at radius 3 is 2.96 bits per heavy atom. The maximum absolute atomic E-state index is 12.7. The van der Waals surface area contributed by atoms with Crippen molar-refractivity contribution in [1.29, 1.82) is 0 Å². The van der Waals surface area contributed by atoms with Crippen LogP contribution in [-0.2, 0) is 22.7 Å². The Kier molecular flexibility index (Phi) is 3.76. The molecule has 1 aromatic heterocycles. The highest BCUT2D eigenvalue weighted by atomic mass is 32.2. The molecule has 0 atom stereocenters. The zero-order valence-corrected chi connectivity index (χ0v) is 14.1. The summed E-state index contributed by atoms with van der Waals surface area (Å²) in [6, 6.07) is 7.71. The molecule has 1 aromatic carbocycles. The number of para-hydroxylation sites is 1. The molecule has 0 radical (unpaired) electrons.